The molecule has 8 N–H and O–H groups in total. The highest BCUT2D eigenvalue weighted by atomic mass is 16.7. The van der Waals surface area contributed by atoms with E-state index >= 15 is 0 Å². The Morgan fingerprint density at radius 2 is 0.955 bits per heavy atom. The first-order chi connectivity index (χ1) is 53.0. The van der Waals surface area contributed by atoms with Gasteiger partial charge in [-0.05, 0) is 191 Å². The first kappa shape index (κ1) is 93.9. The van der Waals surface area contributed by atoms with E-state index in [9.17, 15) is 74.4 Å². The molecule has 0 aromatic rings. The van der Waals surface area contributed by atoms with Gasteiger partial charge in [0.2, 0.25) is 11.7 Å². The summed E-state index contributed by atoms with van der Waals surface area (Å²) in [7, 11) is 6.24. The topological polar surface area (TPSA) is 362 Å². The van der Waals surface area contributed by atoms with Gasteiger partial charge < -0.3 is 88.5 Å². The van der Waals surface area contributed by atoms with E-state index in [0.29, 0.717) is 133 Å². The summed E-state index contributed by atoms with van der Waals surface area (Å²) in [6.45, 7) is 26.6. The fourth-order valence-electron chi connectivity index (χ4n) is 18.8. The normalized spacial score (nSPS) is 41.5. The second kappa shape index (κ2) is 43.3. The molecule has 6 aliphatic heterocycles. The lowest BCUT2D eigenvalue weighted by Crippen LogP contribution is -2.64. The van der Waals surface area contributed by atoms with Crippen molar-refractivity contribution in [3.8, 4) is 0 Å². The lowest BCUT2D eigenvalue weighted by atomic mass is 9.78. The quantitative estimate of drug-likeness (QED) is 0.0484. The van der Waals surface area contributed by atoms with Gasteiger partial charge in [0.1, 0.15) is 48.1 Å². The molecule has 112 heavy (non-hydrogen) atoms. The number of methoxy groups -OCH3 is 4. The van der Waals surface area contributed by atoms with E-state index in [-0.39, 0.29) is 86.4 Å². The van der Waals surface area contributed by atoms with Crippen LogP contribution in [0.25, 0.3) is 0 Å². The highest BCUT2D eigenvalue weighted by molar-refractivity contribution is 6.39. The lowest BCUT2D eigenvalue weighted by molar-refractivity contribution is -0.321. The molecule has 6 fully saturated rings. The molecule has 634 valence electrons. The van der Waals surface area contributed by atoms with Crippen LogP contribution in [-0.2, 0) is 71.5 Å². The zero-order valence-electron chi connectivity index (χ0n) is 69.4. The van der Waals surface area contributed by atoms with Crippen molar-refractivity contribution in [1.29, 1.82) is 0 Å². The van der Waals surface area contributed by atoms with Crippen LogP contribution >= 0.6 is 0 Å². The number of hydrogen-bond donors (Lipinski definition) is 8. The minimum Gasteiger partial charge on any atom is -0.456 e. The van der Waals surface area contributed by atoms with Gasteiger partial charge in [-0.15, -0.1) is 13.2 Å². The molecule has 2 aliphatic carbocycles. The van der Waals surface area contributed by atoms with Gasteiger partial charge in [0.15, 0.2) is 5.79 Å². The smallest absolute Gasteiger partial charge is 0.329 e. The first-order valence-electron chi connectivity index (χ1n) is 41.5. The van der Waals surface area contributed by atoms with E-state index in [2.05, 4.69) is 20.1 Å². The summed E-state index contributed by atoms with van der Waals surface area (Å²) in [6, 6.07) is -2.08. The van der Waals surface area contributed by atoms with Gasteiger partial charge in [0, 0.05) is 102 Å². The van der Waals surface area contributed by atoms with Crippen LogP contribution < -0.4 is 0 Å². The summed E-state index contributed by atoms with van der Waals surface area (Å²) in [5.41, 5.74) is 3.24. The first-order valence-corrected chi connectivity index (χ1v) is 41.5. The molecular weight excluding hydrogens is 1440 g/mol. The maximum Gasteiger partial charge on any atom is 0.329 e. The number of esters is 2. The summed E-state index contributed by atoms with van der Waals surface area (Å²) in [6.07, 6.45) is 9.91. The summed E-state index contributed by atoms with van der Waals surface area (Å²) in [5, 5.41) is 88.2. The number of carbonyl (C=O) groups is 7. The Bertz CT molecular complexity index is 3260. The number of hydrogen-bond acceptors (Lipinski definition) is 23. The van der Waals surface area contributed by atoms with Crippen LogP contribution in [0.1, 0.15) is 217 Å². The monoisotopic (exact) mass is 1580 g/mol. The van der Waals surface area contributed by atoms with Crippen LogP contribution in [0, 0.1) is 65.1 Å². The number of allylic oxidation sites excluding steroid dienone is 8. The third-order valence-electron chi connectivity index (χ3n) is 25.7. The molecule has 0 aromatic carbocycles. The lowest BCUT2D eigenvalue weighted by Gasteiger charge is -2.48. The van der Waals surface area contributed by atoms with E-state index in [1.54, 1.807) is 54.1 Å². The van der Waals surface area contributed by atoms with Gasteiger partial charge in [-0.2, -0.15) is 0 Å². The van der Waals surface area contributed by atoms with Gasteiger partial charge in [-0.1, -0.05) is 89.1 Å². The Morgan fingerprint density at radius 1 is 0.527 bits per heavy atom. The number of aliphatic hydroxyl groups is 8. The molecule has 25 nitrogen and oxygen atoms in total. The highest BCUT2D eigenvalue weighted by Crippen LogP contribution is 2.43. The van der Waals surface area contributed by atoms with Crippen molar-refractivity contribution in [2.45, 2.75) is 320 Å². The van der Waals surface area contributed by atoms with Crippen molar-refractivity contribution in [3.05, 3.63) is 71.9 Å². The molecule has 2 amide bonds. The van der Waals surface area contributed by atoms with Gasteiger partial charge in [-0.3, -0.25) is 24.0 Å². The standard InChI is InChI=1S/C44H71NO11.C43H67NO12/c1-9-12-32-18-26(2)17-27(3)19-38(53-7)42-39(54-8)21-29(5)44(52,56-42)24-40(50)45-16-11-10-13-34(45)43(51)55-41(30(6)36(48)23-37(32)49)28(4)20-31-14-15-35(47)33(22-31)25-46;1-9-12-30-18-24(2)17-25(3)19-36(53-7)39-37(54-8)21-27(5)43(52,56-39)40(49)41(50)44-16-11-10-13-31(44)42(51)55-38(28(6)33(46)23-34(30)47)26(4)20-29-14-15-32(45)35(48)22-29/h9,18,20,27,29-36,38-39,41-42,46-48,52H,1,10-17,19,21-25H2,2-8H3;9,18,20,25,27-33,35-39,45-46,48,52H,1,10-17,19,21-23H2,2-8H3/b26-18+,28-20+;24-18+,26-20+/t27-,29+,30+,31?,32+,33-,34-,35+,36+,38-,39-,41+,42+,44-;25-,27+,28+,29?,30+,31-,32+,33+,35+,36-,37-,38+,39+,43+/m00/s1. The number of ketones is 3. The van der Waals surface area contributed by atoms with Crippen LogP contribution in [0.4, 0.5) is 0 Å². The molecule has 8 aliphatic rings. The van der Waals surface area contributed by atoms with Crippen LogP contribution in [0.2, 0.25) is 0 Å². The minimum atomic E-state index is -2.52. The molecule has 4 bridgehead atoms. The Hall–Kier alpha value is -5.23. The van der Waals surface area contributed by atoms with Gasteiger partial charge in [-0.25, -0.2) is 9.59 Å². The van der Waals surface area contributed by atoms with E-state index in [1.807, 2.05) is 58.9 Å². The molecule has 4 saturated heterocycles. The van der Waals surface area contributed by atoms with Gasteiger partial charge >= 0.3 is 11.9 Å². The number of aliphatic hydroxyl groups excluding tert-OH is 6. The molecule has 8 rings (SSSR count). The molecule has 0 aromatic heterocycles. The molecular formula is C87H138N2O23. The number of piperidine rings is 2. The number of ether oxygens (including phenoxy) is 8. The molecule has 25 heteroatoms. The van der Waals surface area contributed by atoms with Crippen LogP contribution in [0.3, 0.4) is 0 Å². The van der Waals surface area contributed by atoms with Crippen molar-refractivity contribution in [3.63, 3.8) is 0 Å². The Kier molecular flexibility index (Phi) is 36.3. The average molecular weight is 1580 g/mol. The second-order valence-corrected chi connectivity index (χ2v) is 34.6. The zero-order valence-corrected chi connectivity index (χ0v) is 69.4. The number of fused-ring (bicyclic) bond motifs is 6. The predicted molar refractivity (Wildman–Crippen MR) is 420 cm³/mol. The van der Waals surface area contributed by atoms with Crippen LogP contribution in [-0.4, -0.2) is 243 Å². The van der Waals surface area contributed by atoms with E-state index in [0.717, 1.165) is 16.0 Å². The number of Topliss-reactive ketones (excluding diaryl/α,β-unsaturated/α-hetero) is 3. The van der Waals surface area contributed by atoms with E-state index < -0.39 is 168 Å². The summed E-state index contributed by atoms with van der Waals surface area (Å²) < 4.78 is 48.8. The predicted octanol–water partition coefficient (Wildman–Crippen LogP) is 9.04. The SMILES string of the molecule is C=CC[C@@H]1/C=C(\C)C[C@H](C)C[C@H](OC)[C@H]2O[C@@](O)(C(=O)C(=O)N3CCCC[C@H]3C(=O)O[C@H](/C(C)=C/C3CC[C@@H](O)[C@H](O)C3)[C@H](C)[C@H](O)CC1=O)[C@H](C)C[C@@H]2OC.C=CC[C@@H]1/C=C(\C)C[C@H](C)C[C@H](OC)[C@H]2O[C@@](O)(CC(=O)N3CCCC[C@H]3C(=O)O[C@H](/C(C)=C/C3CC[C@@H](O)[C@H](CO)C3)[C@H](C)[C@H](O)CC1=O)[C@H](C)C[C@@H]2OC. The fourth-order valence-corrected chi connectivity index (χ4v) is 18.8. The average Bonchev–Trinajstić information content (AvgIpc) is 0.797. The van der Waals surface area contributed by atoms with E-state index in [4.69, 9.17) is 37.9 Å². The van der Waals surface area contributed by atoms with Gasteiger partial charge in [0.05, 0.1) is 61.4 Å². The van der Waals surface area contributed by atoms with E-state index in [1.165, 1.54) is 19.1 Å². The number of nitrogens with zero attached hydrogens (tertiary/aromatic N) is 2. The maximum absolute atomic E-state index is 14.3. The maximum atomic E-state index is 14.3. The van der Waals surface area contributed by atoms with Crippen LogP contribution in [0.5, 0.6) is 0 Å². The number of rotatable bonds is 13. The molecule has 0 radical (unpaired) electrons. The molecule has 0 spiro atoms. The summed E-state index contributed by atoms with van der Waals surface area (Å²) in [4.78, 5) is 102. The van der Waals surface area contributed by atoms with Crippen molar-refractivity contribution < 1.29 is 112 Å². The van der Waals surface area contributed by atoms with Crippen molar-refractivity contribution in [2.24, 2.45) is 65.1 Å². The van der Waals surface area contributed by atoms with Gasteiger partial charge in [0.25, 0.3) is 11.7 Å². The zero-order chi connectivity index (χ0) is 82.8. The summed E-state index contributed by atoms with van der Waals surface area (Å²) >= 11 is 0. The minimum absolute atomic E-state index is 0.00242. The third kappa shape index (κ3) is 24.2. The Balaban J connectivity index is 0.000000311. The van der Waals surface area contributed by atoms with Crippen molar-refractivity contribution >= 4 is 41.1 Å². The molecule has 2 unspecified atom stereocenters. The van der Waals surface area contributed by atoms with Crippen molar-refractivity contribution in [2.75, 3.05) is 48.1 Å². The highest BCUT2D eigenvalue weighted by Gasteiger charge is 2.58. The fraction of sp³-hybridized carbons (Fsp3) is 0.782. The second-order valence-electron chi connectivity index (χ2n) is 34.6. The molecule has 2 saturated carbocycles. The number of cyclic esters (lactones) is 2. The number of carbonyl (C=O) groups excluding carboxylic acids is 7. The Morgan fingerprint density at radius 3 is 1.41 bits per heavy atom. The third-order valence-corrected chi connectivity index (χ3v) is 25.7. The van der Waals surface area contributed by atoms with Crippen molar-refractivity contribution in [1.82, 2.24) is 9.80 Å². The largest absolute Gasteiger partial charge is 0.456 e. The number of amides is 2. The molecule has 28 atom stereocenters. The summed E-state index contributed by atoms with van der Waals surface area (Å²) in [5.74, 6) is -12.9. The Labute approximate surface area is 665 Å². The molecule has 6 heterocycles. The van der Waals surface area contributed by atoms with Crippen LogP contribution in [0.15, 0.2) is 71.9 Å².